The van der Waals surface area contributed by atoms with Gasteiger partial charge in [-0.15, -0.1) is 0 Å². The van der Waals surface area contributed by atoms with Crippen LogP contribution in [0.4, 0.5) is 0 Å². The van der Waals surface area contributed by atoms with E-state index in [4.69, 9.17) is 10.5 Å². The number of carbonyl (C=O) groups is 1. The van der Waals surface area contributed by atoms with Gasteiger partial charge in [-0.2, -0.15) is 0 Å². The molecule has 3 N–H and O–H groups in total. The van der Waals surface area contributed by atoms with Crippen LogP contribution in [0.2, 0.25) is 0 Å². The van der Waals surface area contributed by atoms with Crippen LogP contribution in [0.15, 0.2) is 0 Å². The molecule has 96 valence electrons. The predicted octanol–water partition coefficient (Wildman–Crippen LogP) is 0.799. The molecule has 0 spiro atoms. The maximum Gasteiger partial charge on any atom is 0.240 e. The molecule has 0 aromatic rings. The molecule has 3 rings (SSSR count). The van der Waals surface area contributed by atoms with Gasteiger partial charge < -0.3 is 15.8 Å². The van der Waals surface area contributed by atoms with Gasteiger partial charge in [0.2, 0.25) is 5.91 Å². The van der Waals surface area contributed by atoms with E-state index >= 15 is 0 Å². The Labute approximate surface area is 102 Å². The number of ether oxygens (including phenoxy) is 1. The highest BCUT2D eigenvalue weighted by atomic mass is 16.5. The summed E-state index contributed by atoms with van der Waals surface area (Å²) in [6, 6.07) is 0.393. The van der Waals surface area contributed by atoms with Crippen LogP contribution in [0, 0.1) is 11.8 Å². The van der Waals surface area contributed by atoms with Gasteiger partial charge in [-0.05, 0) is 43.9 Å². The second-order valence-electron chi connectivity index (χ2n) is 6.02. The number of hydrogen-bond donors (Lipinski definition) is 2. The minimum atomic E-state index is -0.680. The first-order valence-corrected chi connectivity index (χ1v) is 6.85. The standard InChI is InChI=1S/C13H22N2O2/c14-13(3-5-17-6-4-13)12(16)15-11-8-9-1-2-10(11)7-9/h9-11H,1-8,14H2,(H,15,16). The van der Waals surface area contributed by atoms with Crippen molar-refractivity contribution >= 4 is 5.91 Å². The molecule has 1 saturated heterocycles. The van der Waals surface area contributed by atoms with Crippen molar-refractivity contribution < 1.29 is 9.53 Å². The monoisotopic (exact) mass is 238 g/mol. The zero-order valence-corrected chi connectivity index (χ0v) is 10.3. The molecule has 3 unspecified atom stereocenters. The first-order chi connectivity index (χ1) is 8.17. The molecule has 2 saturated carbocycles. The maximum atomic E-state index is 12.3. The summed E-state index contributed by atoms with van der Waals surface area (Å²) in [6.45, 7) is 1.22. The van der Waals surface area contributed by atoms with E-state index in [1.165, 1.54) is 25.7 Å². The Hall–Kier alpha value is -0.610. The minimum absolute atomic E-state index is 0.0540. The van der Waals surface area contributed by atoms with Crippen molar-refractivity contribution in [3.63, 3.8) is 0 Å². The molecule has 0 aromatic heterocycles. The van der Waals surface area contributed by atoms with E-state index in [0.29, 0.717) is 38.0 Å². The number of nitrogens with two attached hydrogens (primary N) is 1. The lowest BCUT2D eigenvalue weighted by Gasteiger charge is -2.34. The summed E-state index contributed by atoms with van der Waals surface area (Å²) in [4.78, 5) is 12.3. The number of amides is 1. The molecule has 0 aromatic carbocycles. The Balaban J connectivity index is 1.59. The summed E-state index contributed by atoms with van der Waals surface area (Å²) in [5.41, 5.74) is 5.51. The van der Waals surface area contributed by atoms with E-state index < -0.39 is 5.54 Å². The van der Waals surface area contributed by atoms with Crippen LogP contribution in [-0.2, 0) is 9.53 Å². The van der Waals surface area contributed by atoms with Gasteiger partial charge in [-0.3, -0.25) is 4.79 Å². The summed E-state index contributed by atoms with van der Waals surface area (Å²) in [7, 11) is 0. The molecule has 1 amide bonds. The summed E-state index contributed by atoms with van der Waals surface area (Å²) in [5.74, 6) is 1.62. The molecule has 3 atom stereocenters. The van der Waals surface area contributed by atoms with Crippen molar-refractivity contribution in [2.45, 2.75) is 50.1 Å². The molecular weight excluding hydrogens is 216 g/mol. The van der Waals surface area contributed by atoms with Gasteiger partial charge in [0.25, 0.3) is 0 Å². The SMILES string of the molecule is NC1(C(=O)NC2CC3CCC2C3)CCOCC1. The van der Waals surface area contributed by atoms with Gasteiger partial charge in [-0.25, -0.2) is 0 Å². The van der Waals surface area contributed by atoms with Gasteiger partial charge in [0, 0.05) is 19.3 Å². The van der Waals surface area contributed by atoms with Crippen molar-refractivity contribution in [2.24, 2.45) is 17.6 Å². The molecule has 3 aliphatic rings. The number of nitrogens with one attached hydrogen (secondary N) is 1. The molecule has 17 heavy (non-hydrogen) atoms. The van der Waals surface area contributed by atoms with E-state index in [-0.39, 0.29) is 5.91 Å². The zero-order chi connectivity index (χ0) is 11.9. The topological polar surface area (TPSA) is 64.4 Å². The minimum Gasteiger partial charge on any atom is -0.381 e. The van der Waals surface area contributed by atoms with Crippen LogP contribution < -0.4 is 11.1 Å². The average Bonchev–Trinajstić information content (AvgIpc) is 2.92. The molecule has 3 fully saturated rings. The summed E-state index contributed by atoms with van der Waals surface area (Å²) >= 11 is 0. The third-order valence-corrected chi connectivity index (χ3v) is 4.89. The number of hydrogen-bond acceptors (Lipinski definition) is 3. The molecule has 1 heterocycles. The molecule has 2 aliphatic carbocycles. The number of fused-ring (bicyclic) bond motifs is 2. The quantitative estimate of drug-likeness (QED) is 0.748. The van der Waals surface area contributed by atoms with Crippen LogP contribution in [0.25, 0.3) is 0 Å². The van der Waals surface area contributed by atoms with Gasteiger partial charge in [0.15, 0.2) is 0 Å². The van der Waals surface area contributed by atoms with Crippen molar-refractivity contribution in [1.82, 2.24) is 5.32 Å². The highest BCUT2D eigenvalue weighted by Crippen LogP contribution is 2.44. The predicted molar refractivity (Wildman–Crippen MR) is 64.4 cm³/mol. The van der Waals surface area contributed by atoms with E-state index in [9.17, 15) is 4.79 Å². The Morgan fingerprint density at radius 1 is 1.24 bits per heavy atom. The van der Waals surface area contributed by atoms with Crippen LogP contribution >= 0.6 is 0 Å². The van der Waals surface area contributed by atoms with Crippen molar-refractivity contribution in [2.75, 3.05) is 13.2 Å². The summed E-state index contributed by atoms with van der Waals surface area (Å²) < 4.78 is 5.27. The lowest BCUT2D eigenvalue weighted by atomic mass is 9.88. The molecule has 1 aliphatic heterocycles. The van der Waals surface area contributed by atoms with Gasteiger partial charge in [-0.1, -0.05) is 6.42 Å². The average molecular weight is 238 g/mol. The van der Waals surface area contributed by atoms with Crippen molar-refractivity contribution in [3.8, 4) is 0 Å². The highest BCUT2D eigenvalue weighted by Gasteiger charge is 2.43. The molecular formula is C13H22N2O2. The van der Waals surface area contributed by atoms with Crippen LogP contribution in [-0.4, -0.2) is 30.7 Å². The Bertz CT molecular complexity index is 313. The van der Waals surface area contributed by atoms with Crippen LogP contribution in [0.1, 0.15) is 38.5 Å². The van der Waals surface area contributed by atoms with E-state index in [2.05, 4.69) is 5.32 Å². The first-order valence-electron chi connectivity index (χ1n) is 6.85. The Morgan fingerprint density at radius 2 is 2.00 bits per heavy atom. The third-order valence-electron chi connectivity index (χ3n) is 4.89. The number of rotatable bonds is 2. The second kappa shape index (κ2) is 4.25. The van der Waals surface area contributed by atoms with Gasteiger partial charge >= 0.3 is 0 Å². The van der Waals surface area contributed by atoms with E-state index in [1.54, 1.807) is 0 Å². The van der Waals surface area contributed by atoms with Crippen molar-refractivity contribution in [3.05, 3.63) is 0 Å². The lowest BCUT2D eigenvalue weighted by Crippen LogP contribution is -2.59. The normalized spacial score (nSPS) is 39.2. The maximum absolute atomic E-state index is 12.3. The lowest BCUT2D eigenvalue weighted by molar-refractivity contribution is -0.130. The fourth-order valence-electron chi connectivity index (χ4n) is 3.70. The first kappa shape index (κ1) is 11.5. The fourth-order valence-corrected chi connectivity index (χ4v) is 3.70. The van der Waals surface area contributed by atoms with Gasteiger partial charge in [0.1, 0.15) is 0 Å². The van der Waals surface area contributed by atoms with E-state index in [1.807, 2.05) is 0 Å². The molecule has 4 heteroatoms. The molecule has 2 bridgehead atoms. The Morgan fingerprint density at radius 3 is 2.59 bits per heavy atom. The van der Waals surface area contributed by atoms with E-state index in [0.717, 1.165) is 5.92 Å². The van der Waals surface area contributed by atoms with Gasteiger partial charge in [0.05, 0.1) is 5.54 Å². The smallest absolute Gasteiger partial charge is 0.240 e. The molecule has 4 nitrogen and oxygen atoms in total. The largest absolute Gasteiger partial charge is 0.381 e. The zero-order valence-electron chi connectivity index (χ0n) is 10.3. The second-order valence-corrected chi connectivity index (χ2v) is 6.02. The van der Waals surface area contributed by atoms with Crippen LogP contribution in [0.3, 0.4) is 0 Å². The van der Waals surface area contributed by atoms with Crippen molar-refractivity contribution in [1.29, 1.82) is 0 Å². The number of carbonyl (C=O) groups excluding carboxylic acids is 1. The molecule has 0 radical (unpaired) electrons. The third kappa shape index (κ3) is 2.08. The fraction of sp³-hybridized carbons (Fsp3) is 0.923. The summed E-state index contributed by atoms with van der Waals surface area (Å²) in [5, 5.41) is 3.20. The Kier molecular flexibility index (Phi) is 2.87. The highest BCUT2D eigenvalue weighted by molar-refractivity contribution is 5.86. The summed E-state index contributed by atoms with van der Waals surface area (Å²) in [6.07, 6.45) is 6.43. The van der Waals surface area contributed by atoms with Crippen LogP contribution in [0.5, 0.6) is 0 Å².